The lowest BCUT2D eigenvalue weighted by Crippen LogP contribution is -2.33. The number of anilines is 1. The number of carbonyl (C=O) groups is 2. The van der Waals surface area contributed by atoms with Gasteiger partial charge in [0.1, 0.15) is 12.1 Å². The van der Waals surface area contributed by atoms with Crippen LogP contribution in [0.5, 0.6) is 0 Å². The highest BCUT2D eigenvalue weighted by Crippen LogP contribution is 2.20. The van der Waals surface area contributed by atoms with E-state index in [2.05, 4.69) is 20.6 Å². The number of aromatic carboxylic acids is 1. The topological polar surface area (TPSA) is 130 Å². The fraction of sp³-hybridized carbons (Fsp3) is 0.167. The van der Waals surface area contributed by atoms with E-state index in [4.69, 9.17) is 10.8 Å². The summed E-state index contributed by atoms with van der Waals surface area (Å²) in [5.41, 5.74) is 5.65. The van der Waals surface area contributed by atoms with Crippen molar-refractivity contribution in [3.8, 4) is 0 Å². The lowest BCUT2D eigenvalue weighted by Gasteiger charge is -2.08. The number of hydrogen-bond acceptors (Lipinski definition) is 5. The number of nitrogens with one attached hydrogen (secondary N) is 2. The first-order chi connectivity index (χ1) is 9.58. The molecule has 0 bridgehead atoms. The molecular formula is C12H13N5O3. The smallest absolute Gasteiger partial charge is 0.335 e. The van der Waals surface area contributed by atoms with Crippen LogP contribution in [-0.4, -0.2) is 40.2 Å². The fourth-order valence-electron chi connectivity index (χ4n) is 1.70. The number of rotatable bonds is 5. The molecule has 1 heterocycles. The van der Waals surface area contributed by atoms with Crippen LogP contribution in [0.15, 0.2) is 24.5 Å². The lowest BCUT2D eigenvalue weighted by molar-refractivity contribution is 0.0697. The van der Waals surface area contributed by atoms with E-state index >= 15 is 0 Å². The Morgan fingerprint density at radius 1 is 1.25 bits per heavy atom. The van der Waals surface area contributed by atoms with E-state index in [9.17, 15) is 9.59 Å². The third-order valence-electron chi connectivity index (χ3n) is 2.60. The number of benzene rings is 1. The standard InChI is InChI=1S/C12H13N5O3/c13-12(20)15-4-3-14-10-8-2-1-7(11(18)19)5-9(8)16-6-17-10/h1-2,5-6H,3-4H2,(H,18,19)(H3,13,15,20)(H,14,16,17). The van der Waals surface area contributed by atoms with Crippen LogP contribution < -0.4 is 16.4 Å². The highest BCUT2D eigenvalue weighted by molar-refractivity contribution is 5.96. The third kappa shape index (κ3) is 3.10. The minimum Gasteiger partial charge on any atom is -0.478 e. The predicted molar refractivity (Wildman–Crippen MR) is 72.6 cm³/mol. The molecule has 5 N–H and O–H groups in total. The molecule has 0 aliphatic rings. The minimum absolute atomic E-state index is 0.164. The van der Waals surface area contributed by atoms with Gasteiger partial charge in [0, 0.05) is 18.5 Å². The summed E-state index contributed by atoms with van der Waals surface area (Å²) in [6, 6.07) is 4.01. The number of carbonyl (C=O) groups excluding carboxylic acids is 1. The third-order valence-corrected chi connectivity index (χ3v) is 2.60. The van der Waals surface area contributed by atoms with Crippen molar-refractivity contribution in [2.45, 2.75) is 0 Å². The van der Waals surface area contributed by atoms with Gasteiger partial charge in [-0.25, -0.2) is 19.6 Å². The van der Waals surface area contributed by atoms with Crippen LogP contribution in [0, 0.1) is 0 Å². The van der Waals surface area contributed by atoms with Crippen molar-refractivity contribution >= 4 is 28.7 Å². The van der Waals surface area contributed by atoms with Gasteiger partial charge in [0.05, 0.1) is 11.1 Å². The Morgan fingerprint density at radius 2 is 2.05 bits per heavy atom. The SMILES string of the molecule is NC(=O)NCCNc1ncnc2cc(C(=O)O)ccc12. The molecule has 1 aromatic heterocycles. The number of urea groups is 1. The molecule has 0 radical (unpaired) electrons. The van der Waals surface area contributed by atoms with Crippen LogP contribution >= 0.6 is 0 Å². The van der Waals surface area contributed by atoms with Gasteiger partial charge in [-0.2, -0.15) is 0 Å². The van der Waals surface area contributed by atoms with E-state index in [-0.39, 0.29) is 5.56 Å². The second-order valence-electron chi connectivity index (χ2n) is 3.98. The first kappa shape index (κ1) is 13.5. The van der Waals surface area contributed by atoms with Crippen molar-refractivity contribution in [3.63, 3.8) is 0 Å². The molecule has 0 saturated carbocycles. The molecule has 8 heteroatoms. The van der Waals surface area contributed by atoms with E-state index in [1.807, 2.05) is 0 Å². The Labute approximate surface area is 114 Å². The Kier molecular flexibility index (Phi) is 3.94. The van der Waals surface area contributed by atoms with E-state index < -0.39 is 12.0 Å². The van der Waals surface area contributed by atoms with Gasteiger partial charge in [-0.15, -0.1) is 0 Å². The number of nitrogens with zero attached hydrogens (tertiary/aromatic N) is 2. The number of amides is 2. The van der Waals surface area contributed by atoms with Crippen molar-refractivity contribution in [2.75, 3.05) is 18.4 Å². The number of carboxylic acid groups (broad SMARTS) is 1. The minimum atomic E-state index is -1.01. The van der Waals surface area contributed by atoms with Crippen molar-refractivity contribution in [1.82, 2.24) is 15.3 Å². The quantitative estimate of drug-likeness (QED) is 0.584. The summed E-state index contributed by atoms with van der Waals surface area (Å²) in [6.07, 6.45) is 1.35. The molecule has 1 aromatic carbocycles. The van der Waals surface area contributed by atoms with E-state index in [0.717, 1.165) is 0 Å². The van der Waals surface area contributed by atoms with Gasteiger partial charge in [0.15, 0.2) is 0 Å². The summed E-state index contributed by atoms with van der Waals surface area (Å²) in [5, 5.41) is 15.1. The number of carboxylic acids is 1. The number of aromatic nitrogens is 2. The van der Waals surface area contributed by atoms with Gasteiger partial charge >= 0.3 is 12.0 Å². The van der Waals surface area contributed by atoms with Crippen LogP contribution in [0.1, 0.15) is 10.4 Å². The Hall–Kier alpha value is -2.90. The van der Waals surface area contributed by atoms with Crippen molar-refractivity contribution in [2.24, 2.45) is 5.73 Å². The Bertz CT molecular complexity index is 659. The van der Waals surface area contributed by atoms with Crippen LogP contribution in [0.25, 0.3) is 10.9 Å². The van der Waals surface area contributed by atoms with E-state index in [1.54, 1.807) is 6.07 Å². The maximum atomic E-state index is 10.9. The summed E-state index contributed by atoms with van der Waals surface area (Å²) < 4.78 is 0. The summed E-state index contributed by atoms with van der Waals surface area (Å²) in [4.78, 5) is 29.5. The highest BCUT2D eigenvalue weighted by atomic mass is 16.4. The summed E-state index contributed by atoms with van der Waals surface area (Å²) >= 11 is 0. The second-order valence-corrected chi connectivity index (χ2v) is 3.98. The monoisotopic (exact) mass is 275 g/mol. The number of hydrogen-bond donors (Lipinski definition) is 4. The fourth-order valence-corrected chi connectivity index (χ4v) is 1.70. The Balaban J connectivity index is 2.17. The lowest BCUT2D eigenvalue weighted by atomic mass is 10.1. The normalized spacial score (nSPS) is 10.2. The molecule has 0 unspecified atom stereocenters. The molecule has 2 amide bonds. The van der Waals surface area contributed by atoms with Crippen molar-refractivity contribution in [3.05, 3.63) is 30.1 Å². The summed E-state index contributed by atoms with van der Waals surface area (Å²) in [5.74, 6) is -0.441. The molecule has 0 atom stereocenters. The van der Waals surface area contributed by atoms with Gasteiger partial charge < -0.3 is 21.5 Å². The maximum Gasteiger partial charge on any atom is 0.335 e. The van der Waals surface area contributed by atoms with Crippen molar-refractivity contribution in [1.29, 1.82) is 0 Å². The second kappa shape index (κ2) is 5.83. The molecule has 20 heavy (non-hydrogen) atoms. The molecule has 0 aliphatic heterocycles. The van der Waals surface area contributed by atoms with E-state index in [0.29, 0.717) is 29.8 Å². The molecule has 2 rings (SSSR count). The molecule has 104 valence electrons. The number of nitrogens with two attached hydrogens (primary N) is 1. The van der Waals surface area contributed by atoms with E-state index in [1.165, 1.54) is 18.5 Å². The molecule has 0 spiro atoms. The summed E-state index contributed by atoms with van der Waals surface area (Å²) in [7, 11) is 0. The first-order valence-corrected chi connectivity index (χ1v) is 5.83. The average Bonchev–Trinajstić information content (AvgIpc) is 2.42. The van der Waals surface area contributed by atoms with Gasteiger partial charge in [-0.05, 0) is 18.2 Å². The van der Waals surface area contributed by atoms with Crippen molar-refractivity contribution < 1.29 is 14.7 Å². The molecular weight excluding hydrogens is 262 g/mol. The van der Waals surface area contributed by atoms with Gasteiger partial charge in [-0.3, -0.25) is 0 Å². The molecule has 0 saturated heterocycles. The molecule has 2 aromatic rings. The zero-order valence-corrected chi connectivity index (χ0v) is 10.5. The molecule has 8 nitrogen and oxygen atoms in total. The zero-order valence-electron chi connectivity index (χ0n) is 10.5. The maximum absolute atomic E-state index is 10.9. The van der Waals surface area contributed by atoms with Crippen LogP contribution in [-0.2, 0) is 0 Å². The van der Waals surface area contributed by atoms with Crippen LogP contribution in [0.4, 0.5) is 10.6 Å². The first-order valence-electron chi connectivity index (χ1n) is 5.83. The molecule has 0 aliphatic carbocycles. The largest absolute Gasteiger partial charge is 0.478 e. The number of fused-ring (bicyclic) bond motifs is 1. The van der Waals surface area contributed by atoms with Crippen LogP contribution in [0.2, 0.25) is 0 Å². The van der Waals surface area contributed by atoms with Crippen LogP contribution in [0.3, 0.4) is 0 Å². The van der Waals surface area contributed by atoms with Gasteiger partial charge in [0.2, 0.25) is 0 Å². The number of primary amides is 1. The van der Waals surface area contributed by atoms with Gasteiger partial charge in [0.25, 0.3) is 0 Å². The Morgan fingerprint density at radius 3 is 2.75 bits per heavy atom. The highest BCUT2D eigenvalue weighted by Gasteiger charge is 2.07. The zero-order chi connectivity index (χ0) is 14.5. The average molecular weight is 275 g/mol. The predicted octanol–water partition coefficient (Wildman–Crippen LogP) is 0.408. The van der Waals surface area contributed by atoms with Gasteiger partial charge in [-0.1, -0.05) is 0 Å². The molecule has 0 fully saturated rings. The summed E-state index contributed by atoms with van der Waals surface area (Å²) in [6.45, 7) is 0.795.